The zero-order valence-electron chi connectivity index (χ0n) is 14.3. The molecule has 0 amide bonds. The Morgan fingerprint density at radius 1 is 0.739 bits per heavy atom. The smallest absolute Gasteiger partial charge is 0.306 e. The zero-order valence-corrected chi connectivity index (χ0v) is 18.6. The summed E-state index contributed by atoms with van der Waals surface area (Å²) in [5.41, 5.74) is 0. The number of hydrogen-bond acceptors (Lipinski definition) is 4. The van der Waals surface area contributed by atoms with E-state index in [4.69, 9.17) is 9.47 Å². The molecule has 0 N–H and O–H groups in total. The Hall–Kier alpha value is 0.400. The summed E-state index contributed by atoms with van der Waals surface area (Å²) >= 11 is 4.57. The number of alkyl halides is 2. The van der Waals surface area contributed by atoms with Gasteiger partial charge in [-0.1, -0.05) is 78.3 Å². The van der Waals surface area contributed by atoms with Crippen molar-refractivity contribution in [2.24, 2.45) is 0 Å². The SMILES string of the molecule is CCC(I)CC(=O)OCCCCCCCOC(=O)CC(I)CC. The Morgan fingerprint density at radius 3 is 1.43 bits per heavy atom. The third-order valence-corrected chi connectivity index (χ3v) is 6.12. The number of carbonyl (C=O) groups is 2. The number of halogens is 2. The largest absolute Gasteiger partial charge is 0.466 e. The summed E-state index contributed by atoms with van der Waals surface area (Å²) in [4.78, 5) is 22.9. The van der Waals surface area contributed by atoms with Crippen LogP contribution in [0.2, 0.25) is 0 Å². The van der Waals surface area contributed by atoms with Crippen LogP contribution in [0, 0.1) is 0 Å². The van der Waals surface area contributed by atoms with Crippen molar-refractivity contribution in [3.8, 4) is 0 Å². The summed E-state index contributed by atoms with van der Waals surface area (Å²) in [6.45, 7) is 5.20. The highest BCUT2D eigenvalue weighted by atomic mass is 127. The topological polar surface area (TPSA) is 52.6 Å². The molecule has 0 aromatic carbocycles. The van der Waals surface area contributed by atoms with Crippen LogP contribution in [0.25, 0.3) is 0 Å². The highest BCUT2D eigenvalue weighted by molar-refractivity contribution is 14.1. The molecule has 0 spiro atoms. The predicted molar refractivity (Wildman–Crippen MR) is 110 cm³/mol. The van der Waals surface area contributed by atoms with Gasteiger partial charge in [-0.05, 0) is 25.7 Å². The number of hydrogen-bond donors (Lipinski definition) is 0. The number of carbonyl (C=O) groups excluding carboxylic acids is 2. The van der Waals surface area contributed by atoms with Gasteiger partial charge in [0.05, 0.1) is 26.1 Å². The fourth-order valence-electron chi connectivity index (χ4n) is 1.87. The summed E-state index contributed by atoms with van der Waals surface area (Å²) in [7, 11) is 0. The van der Waals surface area contributed by atoms with Gasteiger partial charge in [-0.15, -0.1) is 0 Å². The zero-order chi connectivity index (χ0) is 17.5. The summed E-state index contributed by atoms with van der Waals surface area (Å²) in [6, 6.07) is 0. The van der Waals surface area contributed by atoms with E-state index >= 15 is 0 Å². The molecule has 0 rings (SSSR count). The van der Waals surface area contributed by atoms with Crippen LogP contribution in [-0.2, 0) is 19.1 Å². The molecule has 0 saturated carbocycles. The van der Waals surface area contributed by atoms with E-state index in [0.717, 1.165) is 44.9 Å². The van der Waals surface area contributed by atoms with E-state index in [1.165, 1.54) is 0 Å². The average Bonchev–Trinajstić information content (AvgIpc) is 2.52. The minimum Gasteiger partial charge on any atom is -0.466 e. The fraction of sp³-hybridized carbons (Fsp3) is 0.882. The van der Waals surface area contributed by atoms with Crippen molar-refractivity contribution in [3.63, 3.8) is 0 Å². The van der Waals surface area contributed by atoms with Gasteiger partial charge in [-0.25, -0.2) is 0 Å². The van der Waals surface area contributed by atoms with Crippen LogP contribution in [0.5, 0.6) is 0 Å². The quantitative estimate of drug-likeness (QED) is 0.128. The molecule has 4 nitrogen and oxygen atoms in total. The maximum atomic E-state index is 11.5. The van der Waals surface area contributed by atoms with E-state index in [2.05, 4.69) is 59.0 Å². The third-order valence-electron chi connectivity index (χ3n) is 3.48. The minimum atomic E-state index is -0.0844. The van der Waals surface area contributed by atoms with E-state index in [1.54, 1.807) is 0 Å². The number of ether oxygens (including phenoxy) is 2. The first-order valence-electron chi connectivity index (χ1n) is 8.58. The average molecular weight is 552 g/mol. The van der Waals surface area contributed by atoms with Gasteiger partial charge in [0.1, 0.15) is 0 Å². The Labute approximate surface area is 168 Å². The molecule has 136 valence electrons. The Bertz CT molecular complexity index is 294. The third kappa shape index (κ3) is 15.7. The minimum absolute atomic E-state index is 0.0844. The van der Waals surface area contributed by atoms with Gasteiger partial charge in [-0.3, -0.25) is 9.59 Å². The highest BCUT2D eigenvalue weighted by Crippen LogP contribution is 2.12. The normalized spacial score (nSPS) is 13.4. The van der Waals surface area contributed by atoms with Gasteiger partial charge >= 0.3 is 11.9 Å². The molecule has 0 aliphatic heterocycles. The summed E-state index contributed by atoms with van der Waals surface area (Å²) < 4.78 is 11.2. The van der Waals surface area contributed by atoms with Crippen LogP contribution >= 0.6 is 45.2 Å². The standard InChI is InChI=1S/C17H30I2O4/c1-3-14(18)12-16(20)22-10-8-6-5-7-9-11-23-17(21)13-15(19)4-2/h14-15H,3-13H2,1-2H3. The lowest BCUT2D eigenvalue weighted by Gasteiger charge is -2.08. The maximum absolute atomic E-state index is 11.5. The first-order valence-corrected chi connectivity index (χ1v) is 11.1. The van der Waals surface area contributed by atoms with Gasteiger partial charge in [0.15, 0.2) is 0 Å². The van der Waals surface area contributed by atoms with E-state index in [9.17, 15) is 9.59 Å². The van der Waals surface area contributed by atoms with Crippen LogP contribution in [0.3, 0.4) is 0 Å². The van der Waals surface area contributed by atoms with Crippen LogP contribution in [0.4, 0.5) is 0 Å². The first kappa shape index (κ1) is 23.4. The van der Waals surface area contributed by atoms with Crippen LogP contribution in [0.1, 0.15) is 71.6 Å². The number of esters is 2. The van der Waals surface area contributed by atoms with E-state index in [-0.39, 0.29) is 11.9 Å². The van der Waals surface area contributed by atoms with Crippen molar-refractivity contribution in [1.29, 1.82) is 0 Å². The second kappa shape index (κ2) is 15.9. The molecule has 0 radical (unpaired) electrons. The molecule has 0 heterocycles. The molecule has 6 heteroatoms. The van der Waals surface area contributed by atoms with Crippen LogP contribution in [0.15, 0.2) is 0 Å². The summed E-state index contributed by atoms with van der Waals surface area (Å²) in [5.74, 6) is -0.169. The van der Waals surface area contributed by atoms with E-state index in [0.29, 0.717) is 33.9 Å². The summed E-state index contributed by atoms with van der Waals surface area (Å²) in [5, 5.41) is 0. The number of rotatable bonds is 14. The molecule has 0 aliphatic carbocycles. The molecule has 0 bridgehead atoms. The number of unbranched alkanes of at least 4 members (excludes halogenated alkanes) is 4. The van der Waals surface area contributed by atoms with Gasteiger partial charge in [-0.2, -0.15) is 0 Å². The van der Waals surface area contributed by atoms with Crippen molar-refractivity contribution in [2.75, 3.05) is 13.2 Å². The highest BCUT2D eigenvalue weighted by Gasteiger charge is 2.10. The molecule has 2 atom stereocenters. The molecular formula is C17H30I2O4. The fourth-order valence-corrected chi connectivity index (χ4v) is 2.59. The lowest BCUT2D eigenvalue weighted by molar-refractivity contribution is -0.144. The van der Waals surface area contributed by atoms with E-state index in [1.807, 2.05) is 0 Å². The van der Waals surface area contributed by atoms with E-state index < -0.39 is 0 Å². The molecule has 0 aromatic rings. The second-order valence-corrected chi connectivity index (χ2v) is 9.15. The summed E-state index contributed by atoms with van der Waals surface area (Å²) in [6.07, 6.45) is 8.03. The van der Waals surface area contributed by atoms with Crippen molar-refractivity contribution < 1.29 is 19.1 Å². The first-order chi connectivity index (χ1) is 11.0. The molecule has 23 heavy (non-hydrogen) atoms. The Balaban J connectivity index is 3.34. The maximum Gasteiger partial charge on any atom is 0.306 e. The Kier molecular flexibility index (Phi) is 16.2. The van der Waals surface area contributed by atoms with Crippen molar-refractivity contribution in [1.82, 2.24) is 0 Å². The predicted octanol–water partition coefficient (Wildman–Crippen LogP) is 5.23. The Morgan fingerprint density at radius 2 is 1.09 bits per heavy atom. The molecule has 2 unspecified atom stereocenters. The van der Waals surface area contributed by atoms with Crippen LogP contribution in [-0.4, -0.2) is 33.0 Å². The van der Waals surface area contributed by atoms with Crippen molar-refractivity contribution >= 4 is 57.1 Å². The van der Waals surface area contributed by atoms with Crippen molar-refractivity contribution in [2.45, 2.75) is 79.5 Å². The molecular weight excluding hydrogens is 522 g/mol. The van der Waals surface area contributed by atoms with Crippen LogP contribution < -0.4 is 0 Å². The van der Waals surface area contributed by atoms with Gasteiger partial charge in [0.2, 0.25) is 0 Å². The van der Waals surface area contributed by atoms with Gasteiger partial charge in [0.25, 0.3) is 0 Å². The van der Waals surface area contributed by atoms with Crippen molar-refractivity contribution in [3.05, 3.63) is 0 Å². The lowest BCUT2D eigenvalue weighted by Crippen LogP contribution is -2.11. The molecule has 0 saturated heterocycles. The van der Waals surface area contributed by atoms with Gasteiger partial charge in [0, 0.05) is 7.85 Å². The second-order valence-electron chi connectivity index (χ2n) is 5.63. The molecule has 0 aliphatic rings. The lowest BCUT2D eigenvalue weighted by atomic mass is 10.1. The van der Waals surface area contributed by atoms with Gasteiger partial charge < -0.3 is 9.47 Å². The molecule has 0 fully saturated rings. The monoisotopic (exact) mass is 552 g/mol. The molecule has 0 aromatic heterocycles.